The summed E-state index contributed by atoms with van der Waals surface area (Å²) < 4.78 is 5.08. The van der Waals surface area contributed by atoms with Gasteiger partial charge in [0.25, 0.3) is 5.69 Å². The number of carboxylic acid groups (broad SMARTS) is 1. The van der Waals surface area contributed by atoms with Gasteiger partial charge in [0.1, 0.15) is 5.75 Å². The summed E-state index contributed by atoms with van der Waals surface area (Å²) in [7, 11) is 1.42. The van der Waals surface area contributed by atoms with Crippen LogP contribution in [0.2, 0.25) is 0 Å². The van der Waals surface area contributed by atoms with Crippen LogP contribution in [0.4, 0.5) is 5.69 Å². The molecular formula is C13H14N2O6. The van der Waals surface area contributed by atoms with E-state index in [0.29, 0.717) is 17.7 Å². The fourth-order valence-corrected chi connectivity index (χ4v) is 2.09. The van der Waals surface area contributed by atoms with E-state index in [1.807, 2.05) is 0 Å². The lowest BCUT2D eigenvalue weighted by molar-refractivity contribution is -0.384. The Morgan fingerprint density at radius 2 is 2.19 bits per heavy atom. The molecule has 0 aliphatic heterocycles. The number of carbonyl (C=O) groups excluding carboxylic acids is 1. The maximum Gasteiger partial charge on any atom is 0.307 e. The predicted molar refractivity (Wildman–Crippen MR) is 70.7 cm³/mol. The minimum absolute atomic E-state index is 0.0481. The third kappa shape index (κ3) is 3.28. The second-order valence-electron chi connectivity index (χ2n) is 4.76. The van der Waals surface area contributed by atoms with E-state index in [4.69, 9.17) is 9.84 Å². The molecule has 0 bridgehead atoms. The molecule has 2 atom stereocenters. The Morgan fingerprint density at radius 1 is 1.48 bits per heavy atom. The Labute approximate surface area is 119 Å². The van der Waals surface area contributed by atoms with Crippen LogP contribution in [0, 0.1) is 22.0 Å². The number of nitro groups is 1. The number of hydrogen-bond donors (Lipinski definition) is 2. The second kappa shape index (κ2) is 5.78. The van der Waals surface area contributed by atoms with Crippen LogP contribution in [0.1, 0.15) is 12.0 Å². The van der Waals surface area contributed by atoms with Gasteiger partial charge in [-0.15, -0.1) is 0 Å². The Kier molecular flexibility index (Phi) is 4.06. The van der Waals surface area contributed by atoms with Gasteiger partial charge in [0.15, 0.2) is 0 Å². The van der Waals surface area contributed by atoms with Crippen LogP contribution in [0.15, 0.2) is 18.2 Å². The lowest BCUT2D eigenvalue weighted by Crippen LogP contribution is -2.26. The monoisotopic (exact) mass is 294 g/mol. The van der Waals surface area contributed by atoms with E-state index in [-0.39, 0.29) is 18.1 Å². The van der Waals surface area contributed by atoms with E-state index in [2.05, 4.69) is 5.32 Å². The quantitative estimate of drug-likeness (QED) is 0.595. The van der Waals surface area contributed by atoms with E-state index >= 15 is 0 Å². The maximum atomic E-state index is 11.8. The average molecular weight is 294 g/mol. The topological polar surface area (TPSA) is 119 Å². The summed E-state index contributed by atoms with van der Waals surface area (Å²) in [5.41, 5.74) is 0.363. The largest absolute Gasteiger partial charge is 0.496 e. The molecule has 2 rings (SSSR count). The van der Waals surface area contributed by atoms with Crippen LogP contribution < -0.4 is 10.1 Å². The van der Waals surface area contributed by atoms with Crippen LogP contribution in [0.5, 0.6) is 5.75 Å². The van der Waals surface area contributed by atoms with Crippen molar-refractivity contribution in [1.82, 2.24) is 5.32 Å². The van der Waals surface area contributed by atoms with Crippen LogP contribution in [0.3, 0.4) is 0 Å². The Morgan fingerprint density at radius 3 is 2.71 bits per heavy atom. The van der Waals surface area contributed by atoms with Crippen molar-refractivity contribution >= 4 is 17.6 Å². The predicted octanol–water partition coefficient (Wildman–Crippen LogP) is 0.940. The molecule has 2 unspecified atom stereocenters. The third-order valence-electron chi connectivity index (χ3n) is 3.37. The number of aliphatic carboxylic acids is 1. The fraction of sp³-hybridized carbons (Fsp3) is 0.385. The summed E-state index contributed by atoms with van der Waals surface area (Å²) in [6.07, 6.45) is 0.327. The Hall–Kier alpha value is -2.64. The average Bonchev–Trinajstić information content (AvgIpc) is 3.24. The van der Waals surface area contributed by atoms with Gasteiger partial charge >= 0.3 is 5.97 Å². The molecule has 21 heavy (non-hydrogen) atoms. The molecule has 1 aliphatic carbocycles. The molecule has 0 radical (unpaired) electrons. The van der Waals surface area contributed by atoms with Gasteiger partial charge in [-0.2, -0.15) is 0 Å². The van der Waals surface area contributed by atoms with Gasteiger partial charge in [0.05, 0.1) is 23.9 Å². The molecule has 0 heterocycles. The van der Waals surface area contributed by atoms with Crippen molar-refractivity contribution in [3.8, 4) is 5.75 Å². The standard InChI is InChI=1S/C13H14N2O6/c1-21-11-3-2-8(15(19)20)4-7(11)6-14-12(16)9-5-10(9)13(17)18/h2-4,9-10H,5-6H2,1H3,(H,14,16)(H,17,18). The lowest BCUT2D eigenvalue weighted by Gasteiger charge is -2.09. The van der Waals surface area contributed by atoms with Crippen LogP contribution >= 0.6 is 0 Å². The highest BCUT2D eigenvalue weighted by Gasteiger charge is 2.48. The van der Waals surface area contributed by atoms with Crippen molar-refractivity contribution in [2.45, 2.75) is 13.0 Å². The van der Waals surface area contributed by atoms with Crippen molar-refractivity contribution in [3.63, 3.8) is 0 Å². The van der Waals surface area contributed by atoms with Gasteiger partial charge in [-0.3, -0.25) is 19.7 Å². The fourth-order valence-electron chi connectivity index (χ4n) is 2.09. The SMILES string of the molecule is COc1ccc([N+](=O)[O-])cc1CNC(=O)C1CC1C(=O)O. The summed E-state index contributed by atoms with van der Waals surface area (Å²) in [6.45, 7) is 0.0481. The van der Waals surface area contributed by atoms with Crippen LogP contribution in [-0.2, 0) is 16.1 Å². The number of methoxy groups -OCH3 is 1. The highest BCUT2D eigenvalue weighted by molar-refractivity contribution is 5.89. The molecule has 0 saturated heterocycles. The van der Waals surface area contributed by atoms with Crippen molar-refractivity contribution in [2.75, 3.05) is 7.11 Å². The van der Waals surface area contributed by atoms with Crippen molar-refractivity contribution in [3.05, 3.63) is 33.9 Å². The smallest absolute Gasteiger partial charge is 0.307 e. The molecule has 1 fully saturated rings. The summed E-state index contributed by atoms with van der Waals surface area (Å²) in [5.74, 6) is -2.07. The number of rotatable bonds is 6. The molecule has 1 aliphatic rings. The number of ether oxygens (including phenoxy) is 1. The van der Waals surface area contributed by atoms with E-state index in [1.165, 1.54) is 25.3 Å². The molecule has 1 saturated carbocycles. The van der Waals surface area contributed by atoms with Crippen molar-refractivity contribution in [2.24, 2.45) is 11.8 Å². The van der Waals surface area contributed by atoms with Crippen molar-refractivity contribution < 1.29 is 24.4 Å². The summed E-state index contributed by atoms with van der Waals surface area (Å²) in [4.78, 5) is 32.7. The highest BCUT2D eigenvalue weighted by atomic mass is 16.6. The molecule has 1 aromatic carbocycles. The van der Waals surface area contributed by atoms with Crippen molar-refractivity contribution in [1.29, 1.82) is 0 Å². The van der Waals surface area contributed by atoms with E-state index in [0.717, 1.165) is 0 Å². The first kappa shape index (κ1) is 14.8. The van der Waals surface area contributed by atoms with Gasteiger partial charge in [0, 0.05) is 24.2 Å². The summed E-state index contributed by atoms with van der Waals surface area (Å²) in [5, 5.41) is 22.1. The first-order valence-corrected chi connectivity index (χ1v) is 6.26. The Bertz CT molecular complexity index is 600. The third-order valence-corrected chi connectivity index (χ3v) is 3.37. The molecule has 112 valence electrons. The molecular weight excluding hydrogens is 280 g/mol. The van der Waals surface area contributed by atoms with Gasteiger partial charge in [-0.25, -0.2) is 0 Å². The normalized spacial score (nSPS) is 19.7. The first-order valence-electron chi connectivity index (χ1n) is 6.26. The molecule has 0 aromatic heterocycles. The van der Waals surface area contributed by atoms with Gasteiger partial charge < -0.3 is 15.2 Å². The highest BCUT2D eigenvalue weighted by Crippen LogP contribution is 2.38. The Balaban J connectivity index is 2.02. The number of nitrogens with one attached hydrogen (secondary N) is 1. The summed E-state index contributed by atoms with van der Waals surface area (Å²) >= 11 is 0. The number of non-ortho nitro benzene ring substituents is 1. The first-order chi connectivity index (χ1) is 9.93. The summed E-state index contributed by atoms with van der Waals surface area (Å²) in [6, 6.07) is 4.09. The lowest BCUT2D eigenvalue weighted by atomic mass is 10.1. The molecule has 1 aromatic rings. The van der Waals surface area contributed by atoms with E-state index in [9.17, 15) is 19.7 Å². The number of carbonyl (C=O) groups is 2. The second-order valence-corrected chi connectivity index (χ2v) is 4.76. The van der Waals surface area contributed by atoms with E-state index < -0.39 is 22.7 Å². The molecule has 1 amide bonds. The molecule has 2 N–H and O–H groups in total. The molecule has 8 nitrogen and oxygen atoms in total. The maximum absolute atomic E-state index is 11.8. The molecule has 8 heteroatoms. The minimum atomic E-state index is -0.983. The van der Waals surface area contributed by atoms with Crippen LogP contribution in [-0.4, -0.2) is 29.0 Å². The van der Waals surface area contributed by atoms with Gasteiger partial charge in [-0.05, 0) is 12.5 Å². The van der Waals surface area contributed by atoms with Crippen LogP contribution in [0.25, 0.3) is 0 Å². The zero-order chi connectivity index (χ0) is 15.6. The number of hydrogen-bond acceptors (Lipinski definition) is 5. The number of carboxylic acids is 1. The zero-order valence-electron chi connectivity index (χ0n) is 11.2. The number of nitrogens with zero attached hydrogens (tertiary/aromatic N) is 1. The minimum Gasteiger partial charge on any atom is -0.496 e. The van der Waals surface area contributed by atoms with Gasteiger partial charge in [-0.1, -0.05) is 0 Å². The number of nitro benzene ring substituents is 1. The van der Waals surface area contributed by atoms with Gasteiger partial charge in [0.2, 0.25) is 5.91 Å². The number of benzene rings is 1. The van der Waals surface area contributed by atoms with E-state index in [1.54, 1.807) is 0 Å². The zero-order valence-corrected chi connectivity index (χ0v) is 11.2. The molecule has 0 spiro atoms. The number of amides is 1.